The van der Waals surface area contributed by atoms with Crippen LogP contribution in [0.5, 0.6) is 0 Å². The maximum Gasteiger partial charge on any atom is 0.411 e. The molecule has 0 saturated carbocycles. The minimum Gasteiger partial charge on any atom is -0.447 e. The first-order valence-electron chi connectivity index (χ1n) is 5.62. The van der Waals surface area contributed by atoms with Crippen LogP contribution in [0, 0.1) is 6.92 Å². The average molecular weight is 254 g/mol. The molecule has 0 bridgehead atoms. The predicted octanol–water partition coefficient (Wildman–Crippen LogP) is 1.13. The SMILES string of the molecule is Cc1ccc(NC(=O)OCCOCCO)cc1N. The van der Waals surface area contributed by atoms with Gasteiger partial charge >= 0.3 is 6.09 Å². The Balaban J connectivity index is 2.29. The Morgan fingerprint density at radius 2 is 2.17 bits per heavy atom. The summed E-state index contributed by atoms with van der Waals surface area (Å²) in [6, 6.07) is 5.23. The van der Waals surface area contributed by atoms with E-state index in [4.69, 9.17) is 20.3 Å². The summed E-state index contributed by atoms with van der Waals surface area (Å²) in [6.45, 7) is 2.46. The molecule has 0 spiro atoms. The predicted molar refractivity (Wildman–Crippen MR) is 68.5 cm³/mol. The second kappa shape index (κ2) is 7.52. The van der Waals surface area contributed by atoms with Crippen molar-refractivity contribution in [2.45, 2.75) is 6.92 Å². The van der Waals surface area contributed by atoms with Gasteiger partial charge in [0, 0.05) is 11.4 Å². The number of aliphatic hydroxyl groups is 1. The van der Waals surface area contributed by atoms with Gasteiger partial charge in [0.25, 0.3) is 0 Å². The van der Waals surface area contributed by atoms with Gasteiger partial charge in [-0.25, -0.2) is 4.79 Å². The van der Waals surface area contributed by atoms with Gasteiger partial charge in [0.05, 0.1) is 19.8 Å². The van der Waals surface area contributed by atoms with E-state index in [1.54, 1.807) is 12.1 Å². The van der Waals surface area contributed by atoms with Crippen LogP contribution in [0.1, 0.15) is 5.56 Å². The van der Waals surface area contributed by atoms with Crippen LogP contribution < -0.4 is 11.1 Å². The van der Waals surface area contributed by atoms with Gasteiger partial charge in [-0.2, -0.15) is 0 Å². The van der Waals surface area contributed by atoms with Gasteiger partial charge in [0.2, 0.25) is 0 Å². The Kier molecular flexibility index (Phi) is 5.96. The number of carbonyl (C=O) groups is 1. The molecule has 0 atom stereocenters. The maximum absolute atomic E-state index is 11.4. The van der Waals surface area contributed by atoms with Crippen LogP contribution >= 0.6 is 0 Å². The first kappa shape index (κ1) is 14.3. The topological polar surface area (TPSA) is 93.8 Å². The molecular weight excluding hydrogens is 236 g/mol. The Hall–Kier alpha value is -1.79. The average Bonchev–Trinajstić information content (AvgIpc) is 2.34. The highest BCUT2D eigenvalue weighted by molar-refractivity contribution is 5.85. The van der Waals surface area contributed by atoms with Crippen LogP contribution in [0.15, 0.2) is 18.2 Å². The van der Waals surface area contributed by atoms with Crippen LogP contribution in [0.4, 0.5) is 16.2 Å². The Morgan fingerprint density at radius 3 is 2.83 bits per heavy atom. The number of nitrogens with one attached hydrogen (secondary N) is 1. The number of aliphatic hydroxyl groups excluding tert-OH is 1. The third kappa shape index (κ3) is 5.03. The summed E-state index contributed by atoms with van der Waals surface area (Å²) in [7, 11) is 0. The Bertz CT molecular complexity index is 396. The zero-order valence-electron chi connectivity index (χ0n) is 10.3. The highest BCUT2D eigenvalue weighted by Gasteiger charge is 2.04. The van der Waals surface area contributed by atoms with Crippen LogP contribution in [-0.2, 0) is 9.47 Å². The van der Waals surface area contributed by atoms with E-state index in [9.17, 15) is 4.79 Å². The number of aryl methyl sites for hydroxylation is 1. The number of amides is 1. The summed E-state index contributed by atoms with van der Waals surface area (Å²) in [5.41, 5.74) is 7.86. The van der Waals surface area contributed by atoms with Crippen molar-refractivity contribution in [1.29, 1.82) is 0 Å². The molecule has 1 rings (SSSR count). The summed E-state index contributed by atoms with van der Waals surface area (Å²) in [5.74, 6) is 0. The molecule has 0 aliphatic rings. The van der Waals surface area contributed by atoms with Gasteiger partial charge in [-0.05, 0) is 24.6 Å². The molecule has 0 aliphatic heterocycles. The molecule has 0 fully saturated rings. The van der Waals surface area contributed by atoms with Crippen molar-refractivity contribution in [2.75, 3.05) is 37.5 Å². The second-order valence-electron chi connectivity index (χ2n) is 3.67. The molecule has 0 aromatic heterocycles. The standard InChI is InChI=1S/C12H18N2O4/c1-9-2-3-10(8-11(9)13)14-12(16)18-7-6-17-5-4-15/h2-3,8,15H,4-7,13H2,1H3,(H,14,16). The zero-order chi connectivity index (χ0) is 13.4. The van der Waals surface area contributed by atoms with Gasteiger partial charge < -0.3 is 20.3 Å². The van der Waals surface area contributed by atoms with E-state index in [-0.39, 0.29) is 26.4 Å². The lowest BCUT2D eigenvalue weighted by Gasteiger charge is -2.08. The smallest absolute Gasteiger partial charge is 0.411 e. The molecule has 0 unspecified atom stereocenters. The number of nitrogens with two attached hydrogens (primary N) is 1. The fourth-order valence-corrected chi connectivity index (χ4v) is 1.23. The van der Waals surface area contributed by atoms with Crippen LogP contribution in [-0.4, -0.2) is 37.6 Å². The fourth-order valence-electron chi connectivity index (χ4n) is 1.23. The van der Waals surface area contributed by atoms with E-state index >= 15 is 0 Å². The molecular formula is C12H18N2O4. The van der Waals surface area contributed by atoms with Gasteiger partial charge in [0.1, 0.15) is 6.61 Å². The normalized spacial score (nSPS) is 10.1. The minimum absolute atomic E-state index is 0.0468. The number of hydrogen-bond donors (Lipinski definition) is 3. The summed E-state index contributed by atoms with van der Waals surface area (Å²) in [6.07, 6.45) is -0.564. The monoisotopic (exact) mass is 254 g/mol. The third-order valence-corrected chi connectivity index (χ3v) is 2.22. The maximum atomic E-state index is 11.4. The summed E-state index contributed by atoms with van der Waals surface area (Å²) in [5, 5.41) is 11.0. The first-order valence-corrected chi connectivity index (χ1v) is 5.62. The van der Waals surface area contributed by atoms with Crippen molar-refractivity contribution in [3.05, 3.63) is 23.8 Å². The molecule has 0 heterocycles. The van der Waals surface area contributed by atoms with Gasteiger partial charge in [0.15, 0.2) is 0 Å². The fraction of sp³-hybridized carbons (Fsp3) is 0.417. The van der Waals surface area contributed by atoms with Gasteiger partial charge in [-0.3, -0.25) is 5.32 Å². The van der Waals surface area contributed by atoms with Crippen LogP contribution in [0.25, 0.3) is 0 Å². The lowest BCUT2D eigenvalue weighted by atomic mass is 10.2. The van der Waals surface area contributed by atoms with Crippen molar-refractivity contribution in [3.8, 4) is 0 Å². The highest BCUT2D eigenvalue weighted by Crippen LogP contribution is 2.16. The van der Waals surface area contributed by atoms with Crippen molar-refractivity contribution >= 4 is 17.5 Å². The number of ether oxygens (including phenoxy) is 2. The number of benzene rings is 1. The molecule has 4 N–H and O–H groups in total. The molecule has 0 saturated heterocycles. The van der Waals surface area contributed by atoms with Crippen molar-refractivity contribution in [1.82, 2.24) is 0 Å². The molecule has 6 heteroatoms. The molecule has 18 heavy (non-hydrogen) atoms. The molecule has 1 amide bonds. The second-order valence-corrected chi connectivity index (χ2v) is 3.67. The van der Waals surface area contributed by atoms with Crippen LogP contribution in [0.3, 0.4) is 0 Å². The Labute approximate surface area is 106 Å². The summed E-state index contributed by atoms with van der Waals surface area (Å²) < 4.78 is 9.81. The number of anilines is 2. The number of carbonyl (C=O) groups excluding carboxylic acids is 1. The van der Waals surface area contributed by atoms with Gasteiger partial charge in [-0.15, -0.1) is 0 Å². The van der Waals surface area contributed by atoms with E-state index in [0.29, 0.717) is 11.4 Å². The largest absolute Gasteiger partial charge is 0.447 e. The summed E-state index contributed by atoms with van der Waals surface area (Å²) >= 11 is 0. The van der Waals surface area contributed by atoms with E-state index in [0.717, 1.165) is 5.56 Å². The minimum atomic E-state index is -0.564. The van der Waals surface area contributed by atoms with Crippen molar-refractivity contribution in [3.63, 3.8) is 0 Å². The number of nitrogen functional groups attached to an aromatic ring is 1. The van der Waals surface area contributed by atoms with E-state index in [2.05, 4.69) is 5.32 Å². The lowest BCUT2D eigenvalue weighted by molar-refractivity contribution is 0.0572. The molecule has 0 radical (unpaired) electrons. The summed E-state index contributed by atoms with van der Waals surface area (Å²) in [4.78, 5) is 11.4. The molecule has 1 aromatic rings. The van der Waals surface area contributed by atoms with E-state index in [1.165, 1.54) is 0 Å². The quantitative estimate of drug-likeness (QED) is 0.522. The van der Waals surface area contributed by atoms with Crippen molar-refractivity contribution < 1.29 is 19.4 Å². The number of hydrogen-bond acceptors (Lipinski definition) is 5. The lowest BCUT2D eigenvalue weighted by Crippen LogP contribution is -2.17. The molecule has 0 aliphatic carbocycles. The molecule has 1 aromatic carbocycles. The Morgan fingerprint density at radius 1 is 1.39 bits per heavy atom. The zero-order valence-corrected chi connectivity index (χ0v) is 10.3. The highest BCUT2D eigenvalue weighted by atomic mass is 16.6. The third-order valence-electron chi connectivity index (χ3n) is 2.22. The van der Waals surface area contributed by atoms with Crippen LogP contribution in [0.2, 0.25) is 0 Å². The first-order chi connectivity index (χ1) is 8.63. The van der Waals surface area contributed by atoms with E-state index < -0.39 is 6.09 Å². The number of rotatable bonds is 6. The molecule has 6 nitrogen and oxygen atoms in total. The molecule has 100 valence electrons. The van der Waals surface area contributed by atoms with E-state index in [1.807, 2.05) is 13.0 Å². The van der Waals surface area contributed by atoms with Crippen molar-refractivity contribution in [2.24, 2.45) is 0 Å². The van der Waals surface area contributed by atoms with Gasteiger partial charge in [-0.1, -0.05) is 6.07 Å².